The molecule has 1 aliphatic heterocycles. The van der Waals surface area contributed by atoms with E-state index in [1.165, 1.54) is 35.3 Å². The number of ether oxygens (including phenoxy) is 1. The lowest BCUT2D eigenvalue weighted by atomic mass is 9.96. The number of carbonyl (C=O) groups is 2. The van der Waals surface area contributed by atoms with Gasteiger partial charge in [0.1, 0.15) is 5.75 Å². The zero-order valence-corrected chi connectivity index (χ0v) is 12.8. The van der Waals surface area contributed by atoms with Crippen LogP contribution in [0.25, 0.3) is 6.08 Å². The predicted octanol–water partition coefficient (Wildman–Crippen LogP) is 2.32. The van der Waals surface area contributed by atoms with Crippen molar-refractivity contribution < 1.29 is 27.5 Å². The summed E-state index contributed by atoms with van der Waals surface area (Å²) >= 11 is 0. The molecule has 2 amide bonds. The molecule has 5 nitrogen and oxygen atoms in total. The lowest BCUT2D eigenvalue weighted by molar-refractivity contribution is -0.274. The van der Waals surface area contributed by atoms with Crippen molar-refractivity contribution in [2.24, 2.45) is 11.7 Å². The summed E-state index contributed by atoms with van der Waals surface area (Å²) in [5.41, 5.74) is 5.38. The van der Waals surface area contributed by atoms with Crippen LogP contribution in [-0.2, 0) is 9.59 Å². The molecule has 1 fully saturated rings. The van der Waals surface area contributed by atoms with Gasteiger partial charge in [-0.2, -0.15) is 0 Å². The van der Waals surface area contributed by atoms with Gasteiger partial charge in [0.2, 0.25) is 11.8 Å². The van der Waals surface area contributed by atoms with Crippen LogP contribution in [0, 0.1) is 5.92 Å². The lowest BCUT2D eigenvalue weighted by Gasteiger charge is -2.29. The number of primary amides is 1. The highest BCUT2D eigenvalue weighted by Crippen LogP contribution is 2.27. The number of amides is 2. The van der Waals surface area contributed by atoms with Crippen molar-refractivity contribution in [2.75, 3.05) is 13.1 Å². The molecule has 1 heterocycles. The van der Waals surface area contributed by atoms with Gasteiger partial charge < -0.3 is 15.4 Å². The minimum atomic E-state index is -4.80. The van der Waals surface area contributed by atoms with E-state index in [1.807, 2.05) is 0 Å². The van der Waals surface area contributed by atoms with Crippen LogP contribution in [0.4, 0.5) is 13.2 Å². The molecule has 1 aromatic rings. The number of rotatable bonds is 4. The second kappa shape index (κ2) is 7.37. The summed E-state index contributed by atoms with van der Waals surface area (Å²) in [6.07, 6.45) is -1.34. The first kappa shape index (κ1) is 17.8. The zero-order chi connectivity index (χ0) is 17.7. The first-order valence-electron chi connectivity index (χ1n) is 7.37. The number of benzene rings is 1. The van der Waals surface area contributed by atoms with E-state index in [2.05, 4.69) is 4.74 Å². The first-order valence-corrected chi connectivity index (χ1v) is 7.37. The molecule has 0 saturated carbocycles. The molecule has 2 rings (SSSR count). The Hall–Kier alpha value is -2.51. The molecule has 0 aromatic heterocycles. The molecule has 1 aromatic carbocycles. The standard InChI is InChI=1S/C16H17F3N2O3/c17-16(18,19)24-13-4-2-1-3-11(13)5-6-14(22)21-9-7-12(8-10-21)15(20)23/h1-6,12H,7-10H2,(H2,20,23)/b6-5-. The molecule has 1 saturated heterocycles. The van der Waals surface area contributed by atoms with Crippen molar-refractivity contribution >= 4 is 17.9 Å². The zero-order valence-electron chi connectivity index (χ0n) is 12.8. The van der Waals surface area contributed by atoms with Crippen molar-refractivity contribution in [3.63, 3.8) is 0 Å². The fourth-order valence-electron chi connectivity index (χ4n) is 2.49. The Kier molecular flexibility index (Phi) is 5.48. The number of halogens is 3. The quantitative estimate of drug-likeness (QED) is 0.854. The van der Waals surface area contributed by atoms with Gasteiger partial charge in [-0.1, -0.05) is 18.2 Å². The van der Waals surface area contributed by atoms with Crippen LogP contribution >= 0.6 is 0 Å². The summed E-state index contributed by atoms with van der Waals surface area (Å²) in [6.45, 7) is 0.773. The number of nitrogens with two attached hydrogens (primary N) is 1. The first-order chi connectivity index (χ1) is 11.3. The molecular weight excluding hydrogens is 325 g/mol. The van der Waals surface area contributed by atoms with Gasteiger partial charge in [-0.25, -0.2) is 0 Å². The van der Waals surface area contributed by atoms with Gasteiger partial charge in [0, 0.05) is 30.6 Å². The number of hydrogen-bond donors (Lipinski definition) is 1. The Morgan fingerprint density at radius 1 is 1.21 bits per heavy atom. The van der Waals surface area contributed by atoms with Crippen LogP contribution in [0.2, 0.25) is 0 Å². The topological polar surface area (TPSA) is 72.6 Å². The number of carbonyl (C=O) groups excluding carboxylic acids is 2. The van der Waals surface area contributed by atoms with E-state index in [0.717, 1.165) is 0 Å². The highest BCUT2D eigenvalue weighted by molar-refractivity contribution is 5.92. The lowest BCUT2D eigenvalue weighted by Crippen LogP contribution is -2.41. The third-order valence-electron chi connectivity index (χ3n) is 3.76. The summed E-state index contributed by atoms with van der Waals surface area (Å²) in [7, 11) is 0. The van der Waals surface area contributed by atoms with Gasteiger partial charge in [0.15, 0.2) is 0 Å². The largest absolute Gasteiger partial charge is 0.573 e. The number of para-hydroxylation sites is 1. The second-order valence-corrected chi connectivity index (χ2v) is 5.42. The molecule has 24 heavy (non-hydrogen) atoms. The van der Waals surface area contributed by atoms with Crippen LogP contribution in [0.5, 0.6) is 5.75 Å². The van der Waals surface area contributed by atoms with Gasteiger partial charge in [0.25, 0.3) is 0 Å². The molecule has 1 aliphatic rings. The Labute approximate surface area is 136 Å². The molecule has 0 aliphatic carbocycles. The number of alkyl halides is 3. The average molecular weight is 342 g/mol. The van der Waals surface area contributed by atoms with Crippen LogP contribution in [-0.4, -0.2) is 36.2 Å². The third-order valence-corrected chi connectivity index (χ3v) is 3.76. The average Bonchev–Trinajstić information content (AvgIpc) is 2.52. The second-order valence-electron chi connectivity index (χ2n) is 5.42. The van der Waals surface area contributed by atoms with Gasteiger partial charge >= 0.3 is 6.36 Å². The van der Waals surface area contributed by atoms with Crippen molar-refractivity contribution in [3.8, 4) is 5.75 Å². The van der Waals surface area contributed by atoms with Crippen LogP contribution in [0.3, 0.4) is 0 Å². The van der Waals surface area contributed by atoms with Gasteiger partial charge in [-0.3, -0.25) is 9.59 Å². The minimum Gasteiger partial charge on any atom is -0.405 e. The Morgan fingerprint density at radius 2 is 1.83 bits per heavy atom. The minimum absolute atomic E-state index is 0.148. The van der Waals surface area contributed by atoms with Crippen molar-refractivity contribution in [2.45, 2.75) is 19.2 Å². The van der Waals surface area contributed by atoms with Crippen molar-refractivity contribution in [3.05, 3.63) is 35.9 Å². The predicted molar refractivity (Wildman–Crippen MR) is 80.7 cm³/mol. The van der Waals surface area contributed by atoms with E-state index in [9.17, 15) is 22.8 Å². The summed E-state index contributed by atoms with van der Waals surface area (Å²) < 4.78 is 41.0. The highest BCUT2D eigenvalue weighted by atomic mass is 19.4. The van der Waals surface area contributed by atoms with Crippen LogP contribution in [0.15, 0.2) is 30.3 Å². The SMILES string of the molecule is NC(=O)C1CCN(C(=O)/C=C\c2ccccc2OC(F)(F)F)CC1. The van der Waals surface area contributed by atoms with Crippen LogP contribution < -0.4 is 10.5 Å². The Bertz CT molecular complexity index is 636. The van der Waals surface area contributed by atoms with Gasteiger partial charge in [-0.15, -0.1) is 13.2 Å². The maximum absolute atomic E-state index is 12.4. The molecule has 0 spiro atoms. The van der Waals surface area contributed by atoms with E-state index in [-0.39, 0.29) is 29.0 Å². The van der Waals surface area contributed by atoms with Gasteiger partial charge in [0.05, 0.1) is 0 Å². The number of likely N-dealkylation sites (tertiary alicyclic amines) is 1. The number of nitrogens with zero attached hydrogens (tertiary/aromatic N) is 1. The van der Waals surface area contributed by atoms with E-state index >= 15 is 0 Å². The van der Waals surface area contributed by atoms with E-state index in [4.69, 9.17) is 5.73 Å². The highest BCUT2D eigenvalue weighted by Gasteiger charge is 2.31. The molecule has 2 N–H and O–H groups in total. The third kappa shape index (κ3) is 5.00. The smallest absolute Gasteiger partial charge is 0.405 e. The molecule has 8 heteroatoms. The normalized spacial score (nSPS) is 16.4. The molecule has 0 atom stereocenters. The maximum Gasteiger partial charge on any atom is 0.573 e. The summed E-state index contributed by atoms with van der Waals surface area (Å²) in [6, 6.07) is 5.56. The molecule has 0 radical (unpaired) electrons. The maximum atomic E-state index is 12.4. The van der Waals surface area contributed by atoms with Gasteiger partial charge in [-0.05, 0) is 25.0 Å². The molecule has 0 unspecified atom stereocenters. The van der Waals surface area contributed by atoms with Crippen molar-refractivity contribution in [1.82, 2.24) is 4.90 Å². The van der Waals surface area contributed by atoms with E-state index in [0.29, 0.717) is 25.9 Å². The fourth-order valence-corrected chi connectivity index (χ4v) is 2.49. The summed E-state index contributed by atoms with van der Waals surface area (Å²) in [5.74, 6) is -1.32. The molecule has 130 valence electrons. The Morgan fingerprint density at radius 3 is 2.42 bits per heavy atom. The van der Waals surface area contributed by atoms with Crippen molar-refractivity contribution in [1.29, 1.82) is 0 Å². The fraction of sp³-hybridized carbons (Fsp3) is 0.375. The Balaban J connectivity index is 2.01. The molecular formula is C16H17F3N2O3. The van der Waals surface area contributed by atoms with E-state index < -0.39 is 6.36 Å². The van der Waals surface area contributed by atoms with Crippen LogP contribution in [0.1, 0.15) is 18.4 Å². The molecule has 0 bridgehead atoms. The number of piperidine rings is 1. The van der Waals surface area contributed by atoms with E-state index in [1.54, 1.807) is 6.07 Å². The summed E-state index contributed by atoms with van der Waals surface area (Å²) in [5, 5.41) is 0. The monoisotopic (exact) mass is 342 g/mol. The number of hydrogen-bond acceptors (Lipinski definition) is 3. The summed E-state index contributed by atoms with van der Waals surface area (Å²) in [4.78, 5) is 24.7.